The molecular formula is C34H49F9O4. The first kappa shape index (κ1) is 38.1. The van der Waals surface area contributed by atoms with Gasteiger partial charge in [-0.15, -0.1) is 0 Å². The molecule has 0 aromatic rings. The first-order valence-corrected chi connectivity index (χ1v) is 16.9. The van der Waals surface area contributed by atoms with Crippen molar-refractivity contribution in [2.24, 2.45) is 46.3 Å². The number of alkyl halides is 9. The number of carbonyl (C=O) groups is 1. The van der Waals surface area contributed by atoms with Crippen LogP contribution in [0.25, 0.3) is 0 Å². The molecule has 47 heavy (non-hydrogen) atoms. The van der Waals surface area contributed by atoms with Crippen LogP contribution in [0.4, 0.5) is 44.3 Å². The second-order valence-electron chi connectivity index (χ2n) is 15.6. The summed E-state index contributed by atoms with van der Waals surface area (Å²) in [5.74, 6) is -17.0. The highest BCUT2D eigenvalue weighted by Gasteiger charge is 2.83. The summed E-state index contributed by atoms with van der Waals surface area (Å²) in [7, 11) is 0. The summed E-state index contributed by atoms with van der Waals surface area (Å²) in [6.07, 6.45) is -2.61. The van der Waals surface area contributed by atoms with Gasteiger partial charge < -0.3 is 14.6 Å². The number of hydrogen-bond acceptors (Lipinski definition) is 3. The fraction of sp³-hybridized carbons (Fsp3) is 0.912. The smallest absolute Gasteiger partial charge is 0.450 e. The van der Waals surface area contributed by atoms with Crippen molar-refractivity contribution >= 4 is 6.16 Å². The van der Waals surface area contributed by atoms with Crippen LogP contribution >= 0.6 is 0 Å². The Kier molecular flexibility index (Phi) is 10.7. The Balaban J connectivity index is 1.51. The van der Waals surface area contributed by atoms with Crippen LogP contribution in [0.2, 0.25) is 0 Å². The molecule has 0 radical (unpaired) electrons. The molecule has 4 aliphatic rings. The third-order valence-corrected chi connectivity index (χ3v) is 12.5. The van der Waals surface area contributed by atoms with Gasteiger partial charge in [0.1, 0.15) is 6.61 Å². The van der Waals surface area contributed by atoms with Crippen LogP contribution in [0.5, 0.6) is 0 Å². The highest BCUT2D eigenvalue weighted by Crippen LogP contribution is 2.67. The van der Waals surface area contributed by atoms with Crippen LogP contribution in [0.3, 0.4) is 0 Å². The van der Waals surface area contributed by atoms with Gasteiger partial charge >= 0.3 is 30.1 Å². The molecule has 1 N–H and O–H groups in total. The molecule has 3 fully saturated rings. The van der Waals surface area contributed by atoms with Crippen molar-refractivity contribution in [2.75, 3.05) is 6.61 Å². The Hall–Kier alpha value is -1.66. The van der Waals surface area contributed by atoms with Gasteiger partial charge in [0.25, 0.3) is 0 Å². The zero-order valence-electron chi connectivity index (χ0n) is 27.8. The largest absolute Gasteiger partial charge is 0.505 e. The summed E-state index contributed by atoms with van der Waals surface area (Å²) in [4.78, 5) is 10.9. The second-order valence-corrected chi connectivity index (χ2v) is 15.6. The number of hydrogen-bond donors (Lipinski definition) is 1. The number of carboxylic acid groups (broad SMARTS) is 1. The molecule has 0 aromatic heterocycles. The fourth-order valence-corrected chi connectivity index (χ4v) is 9.97. The van der Waals surface area contributed by atoms with Gasteiger partial charge in [0.05, 0.1) is 6.10 Å². The second kappa shape index (κ2) is 13.2. The molecule has 0 amide bonds. The molecule has 0 aromatic carbocycles. The molecule has 4 nitrogen and oxygen atoms in total. The lowest BCUT2D eigenvalue weighted by molar-refractivity contribution is -0.409. The predicted molar refractivity (Wildman–Crippen MR) is 157 cm³/mol. The first-order chi connectivity index (χ1) is 21.5. The van der Waals surface area contributed by atoms with Gasteiger partial charge in [-0.25, -0.2) is 4.79 Å². The van der Waals surface area contributed by atoms with Crippen molar-refractivity contribution in [2.45, 2.75) is 141 Å². The number of halogens is 9. The maximum absolute atomic E-state index is 14.9. The van der Waals surface area contributed by atoms with Crippen molar-refractivity contribution in [1.29, 1.82) is 0 Å². The molecule has 13 heteroatoms. The summed E-state index contributed by atoms with van der Waals surface area (Å²) in [6.45, 7) is 9.54. The third kappa shape index (κ3) is 6.77. The Bertz CT molecular complexity index is 1150. The van der Waals surface area contributed by atoms with Crippen LogP contribution in [0.1, 0.15) is 105 Å². The van der Waals surface area contributed by atoms with E-state index in [1.807, 2.05) is 0 Å². The predicted octanol–water partition coefficient (Wildman–Crippen LogP) is 10.9. The Morgan fingerprint density at radius 3 is 2.17 bits per heavy atom. The van der Waals surface area contributed by atoms with Crippen molar-refractivity contribution < 1.29 is 58.9 Å². The lowest BCUT2D eigenvalue weighted by Crippen LogP contribution is -2.65. The van der Waals surface area contributed by atoms with Gasteiger partial charge in [-0.2, -0.15) is 39.5 Å². The van der Waals surface area contributed by atoms with Crippen molar-refractivity contribution in [3.05, 3.63) is 11.6 Å². The van der Waals surface area contributed by atoms with Crippen molar-refractivity contribution in [3.63, 3.8) is 0 Å². The van der Waals surface area contributed by atoms with E-state index in [0.29, 0.717) is 41.9 Å². The zero-order valence-corrected chi connectivity index (χ0v) is 27.8. The van der Waals surface area contributed by atoms with Gasteiger partial charge in [-0.1, -0.05) is 65.5 Å². The molecule has 4 aliphatic carbocycles. The maximum Gasteiger partial charge on any atom is 0.505 e. The molecule has 0 heterocycles. The van der Waals surface area contributed by atoms with Crippen molar-refractivity contribution in [1.82, 2.24) is 0 Å². The van der Waals surface area contributed by atoms with Crippen LogP contribution in [-0.2, 0) is 9.47 Å². The van der Waals surface area contributed by atoms with Crippen molar-refractivity contribution in [3.8, 4) is 0 Å². The first-order valence-electron chi connectivity index (χ1n) is 16.9. The molecule has 9 atom stereocenters. The molecule has 0 saturated heterocycles. The highest BCUT2D eigenvalue weighted by molar-refractivity contribution is 5.56. The summed E-state index contributed by atoms with van der Waals surface area (Å²) < 4.78 is 133. The van der Waals surface area contributed by atoms with Crippen LogP contribution in [0, 0.1) is 46.3 Å². The minimum absolute atomic E-state index is 0.0158. The third-order valence-electron chi connectivity index (χ3n) is 12.5. The Morgan fingerprint density at radius 2 is 1.57 bits per heavy atom. The number of rotatable bonds is 12. The number of allylic oxidation sites excluding steroid dienone is 1. The summed E-state index contributed by atoms with van der Waals surface area (Å²) in [6, 6.07) is 0. The minimum Gasteiger partial charge on any atom is -0.450 e. The SMILES string of the molecule is CC(C)CCC[C@@H](C)[C@H]1CC[C@H]2[C@@H]3CC=C4C[C@@H](OC(COC(=O)O)C(F)(F)C(F)(F)C(F)(F)C(F)(F)F)CC[C@]4(C)[C@H]3CC[C@]12C. The fourth-order valence-electron chi connectivity index (χ4n) is 9.97. The van der Waals surface area contributed by atoms with E-state index in [9.17, 15) is 44.3 Å². The Morgan fingerprint density at radius 1 is 0.915 bits per heavy atom. The molecular weight excluding hydrogens is 643 g/mol. The molecule has 0 bridgehead atoms. The van der Waals surface area contributed by atoms with E-state index < -0.39 is 48.9 Å². The van der Waals surface area contributed by atoms with E-state index in [2.05, 4.69) is 45.4 Å². The normalized spacial score (nSPS) is 34.6. The Labute approximate surface area is 271 Å². The van der Waals surface area contributed by atoms with Gasteiger partial charge in [0, 0.05) is 0 Å². The van der Waals surface area contributed by atoms with Gasteiger partial charge in [0.2, 0.25) is 0 Å². The quantitative estimate of drug-likeness (QED) is 0.126. The summed E-state index contributed by atoms with van der Waals surface area (Å²) in [5, 5.41) is 8.76. The average molecular weight is 693 g/mol. The lowest BCUT2D eigenvalue weighted by Gasteiger charge is -2.58. The highest BCUT2D eigenvalue weighted by atomic mass is 19.4. The van der Waals surface area contributed by atoms with E-state index >= 15 is 0 Å². The van der Waals surface area contributed by atoms with E-state index in [-0.39, 0.29) is 23.7 Å². The van der Waals surface area contributed by atoms with E-state index in [4.69, 9.17) is 9.84 Å². The monoisotopic (exact) mass is 692 g/mol. The summed E-state index contributed by atoms with van der Waals surface area (Å²) in [5.41, 5.74) is 0.741. The topological polar surface area (TPSA) is 55.8 Å². The standard InChI is InChI=1S/C34H49F9O4/c1-19(2)7-6-8-20(3)24-11-12-25-23-10-9-21-17-22(13-15-29(21,4)26(23)14-16-30(24,25)5)47-27(18-46-28(44)45)31(35,36)32(37,38)33(39,40)34(41,42)43/h9,19-20,22-27H,6-8,10-18H2,1-5H3,(H,44,45)/t20-,22+,23+,24-,25+,26+,27?,29+,30-/m1/s1. The number of fused-ring (bicyclic) bond motifs is 5. The van der Waals surface area contributed by atoms with Gasteiger partial charge in [-0.3, -0.25) is 0 Å². The van der Waals surface area contributed by atoms with E-state index in [0.717, 1.165) is 31.3 Å². The molecule has 0 spiro atoms. The summed E-state index contributed by atoms with van der Waals surface area (Å²) >= 11 is 0. The van der Waals surface area contributed by atoms with Crippen LogP contribution < -0.4 is 0 Å². The zero-order chi connectivity index (χ0) is 35.4. The molecule has 1 unspecified atom stereocenters. The molecule has 0 aliphatic heterocycles. The van der Waals surface area contributed by atoms with Gasteiger partial charge in [0.15, 0.2) is 6.10 Å². The molecule has 3 saturated carbocycles. The van der Waals surface area contributed by atoms with Crippen LogP contribution in [-0.4, -0.2) is 54.0 Å². The molecule has 272 valence electrons. The maximum atomic E-state index is 14.9. The molecule has 4 rings (SSSR count). The lowest BCUT2D eigenvalue weighted by atomic mass is 9.47. The van der Waals surface area contributed by atoms with Crippen LogP contribution in [0.15, 0.2) is 11.6 Å². The number of ether oxygens (including phenoxy) is 2. The minimum atomic E-state index is -7.12. The average Bonchev–Trinajstić information content (AvgIpc) is 3.31. The van der Waals surface area contributed by atoms with Gasteiger partial charge in [-0.05, 0) is 97.7 Å². The van der Waals surface area contributed by atoms with E-state index in [1.54, 1.807) is 0 Å². The van der Waals surface area contributed by atoms with E-state index in [1.165, 1.54) is 25.7 Å².